The topological polar surface area (TPSA) is 92.4 Å². The van der Waals surface area contributed by atoms with Crippen molar-refractivity contribution in [2.75, 3.05) is 12.3 Å². The van der Waals surface area contributed by atoms with Crippen LogP contribution in [0.5, 0.6) is 0 Å². The number of rotatable bonds is 5. The molecule has 0 radical (unpaired) electrons. The van der Waals surface area contributed by atoms with Crippen LogP contribution in [0, 0.1) is 5.92 Å². The van der Waals surface area contributed by atoms with Crippen molar-refractivity contribution < 1.29 is 13.5 Å². The van der Waals surface area contributed by atoms with Crippen LogP contribution in [0.1, 0.15) is 13.8 Å². The highest BCUT2D eigenvalue weighted by atomic mass is 32.2. The van der Waals surface area contributed by atoms with Crippen LogP contribution in [0.15, 0.2) is 29.2 Å². The van der Waals surface area contributed by atoms with E-state index in [-0.39, 0.29) is 23.1 Å². The first-order valence-electron chi connectivity index (χ1n) is 5.36. The third kappa shape index (κ3) is 3.42. The van der Waals surface area contributed by atoms with Gasteiger partial charge in [0.25, 0.3) is 0 Å². The Labute approximate surface area is 102 Å². The van der Waals surface area contributed by atoms with Crippen LogP contribution in [-0.2, 0) is 10.0 Å². The number of nitrogens with two attached hydrogens (primary N) is 1. The van der Waals surface area contributed by atoms with Crippen molar-refractivity contribution in [1.29, 1.82) is 0 Å². The number of para-hydroxylation sites is 1. The first-order valence-corrected chi connectivity index (χ1v) is 6.84. The lowest BCUT2D eigenvalue weighted by Crippen LogP contribution is -2.41. The average molecular weight is 258 g/mol. The molecule has 0 aliphatic rings. The van der Waals surface area contributed by atoms with Crippen molar-refractivity contribution in [2.24, 2.45) is 5.92 Å². The third-order valence-corrected chi connectivity index (χ3v) is 4.08. The molecular formula is C11H18N2O3S. The molecule has 0 aliphatic carbocycles. The molecule has 0 bridgehead atoms. The fourth-order valence-electron chi connectivity index (χ4n) is 1.37. The van der Waals surface area contributed by atoms with E-state index in [2.05, 4.69) is 4.72 Å². The zero-order valence-electron chi connectivity index (χ0n) is 9.92. The normalized spacial score (nSPS) is 13.9. The molecule has 17 heavy (non-hydrogen) atoms. The van der Waals surface area contributed by atoms with E-state index in [1.807, 2.05) is 13.8 Å². The van der Waals surface area contributed by atoms with Crippen molar-refractivity contribution in [1.82, 2.24) is 4.72 Å². The molecule has 0 unspecified atom stereocenters. The number of hydrogen-bond acceptors (Lipinski definition) is 4. The number of nitrogen functional groups attached to an aromatic ring is 1. The third-order valence-electron chi connectivity index (χ3n) is 2.52. The standard InChI is InChI=1S/C11H18N2O3S/c1-8(2)10(7-14)13-17(15,16)11-6-4-3-5-9(11)12/h3-6,8,10,13-14H,7,12H2,1-2H3/t10-/m1/s1. The Bertz CT molecular complexity index is 471. The number of sulfonamides is 1. The predicted octanol–water partition coefficient (Wildman–Crippen LogP) is 0.564. The van der Waals surface area contributed by atoms with Gasteiger partial charge in [-0.1, -0.05) is 26.0 Å². The van der Waals surface area contributed by atoms with Gasteiger partial charge in [0.05, 0.1) is 12.3 Å². The molecule has 0 heterocycles. The largest absolute Gasteiger partial charge is 0.398 e. The lowest BCUT2D eigenvalue weighted by atomic mass is 10.1. The highest BCUT2D eigenvalue weighted by Crippen LogP contribution is 2.18. The van der Waals surface area contributed by atoms with E-state index in [0.717, 1.165) is 0 Å². The molecule has 0 aromatic heterocycles. The van der Waals surface area contributed by atoms with Crippen LogP contribution in [0.3, 0.4) is 0 Å². The van der Waals surface area contributed by atoms with Gasteiger partial charge in [0.15, 0.2) is 0 Å². The predicted molar refractivity (Wildman–Crippen MR) is 66.9 cm³/mol. The molecule has 1 aromatic carbocycles. The Morgan fingerprint density at radius 3 is 2.41 bits per heavy atom. The average Bonchev–Trinajstić information content (AvgIpc) is 2.26. The molecule has 0 spiro atoms. The first-order chi connectivity index (χ1) is 7.88. The molecule has 6 heteroatoms. The molecule has 1 aromatic rings. The number of nitrogens with one attached hydrogen (secondary N) is 1. The maximum absolute atomic E-state index is 12.0. The lowest BCUT2D eigenvalue weighted by Gasteiger charge is -2.20. The minimum Gasteiger partial charge on any atom is -0.398 e. The lowest BCUT2D eigenvalue weighted by molar-refractivity contribution is 0.227. The van der Waals surface area contributed by atoms with E-state index >= 15 is 0 Å². The van der Waals surface area contributed by atoms with Crippen LogP contribution in [0.2, 0.25) is 0 Å². The van der Waals surface area contributed by atoms with E-state index in [1.165, 1.54) is 12.1 Å². The number of benzene rings is 1. The quantitative estimate of drug-likeness (QED) is 0.673. The van der Waals surface area contributed by atoms with Gasteiger partial charge >= 0.3 is 0 Å². The SMILES string of the molecule is CC(C)[C@@H](CO)NS(=O)(=O)c1ccccc1N. The zero-order valence-corrected chi connectivity index (χ0v) is 10.7. The van der Waals surface area contributed by atoms with Crippen molar-refractivity contribution in [3.8, 4) is 0 Å². The van der Waals surface area contributed by atoms with Crippen molar-refractivity contribution in [3.05, 3.63) is 24.3 Å². The summed E-state index contributed by atoms with van der Waals surface area (Å²) >= 11 is 0. The van der Waals surface area contributed by atoms with Crippen molar-refractivity contribution in [2.45, 2.75) is 24.8 Å². The minimum absolute atomic E-state index is 0.000267. The fourth-order valence-corrected chi connectivity index (χ4v) is 2.88. The Hall–Kier alpha value is -1.11. The van der Waals surface area contributed by atoms with Gasteiger partial charge in [-0.05, 0) is 18.1 Å². The van der Waals surface area contributed by atoms with Crippen LogP contribution in [-0.4, -0.2) is 26.2 Å². The summed E-state index contributed by atoms with van der Waals surface area (Å²) in [5.74, 6) is -0.000267. The molecule has 0 aliphatic heterocycles. The van der Waals surface area contributed by atoms with Gasteiger partial charge in [-0.15, -0.1) is 0 Å². The Morgan fingerprint density at radius 1 is 1.35 bits per heavy atom. The van der Waals surface area contributed by atoms with Crippen molar-refractivity contribution >= 4 is 15.7 Å². The van der Waals surface area contributed by atoms with Crippen molar-refractivity contribution in [3.63, 3.8) is 0 Å². The molecule has 0 fully saturated rings. The number of anilines is 1. The van der Waals surface area contributed by atoms with E-state index in [9.17, 15) is 8.42 Å². The molecule has 1 rings (SSSR count). The van der Waals surface area contributed by atoms with Gasteiger partial charge in [-0.25, -0.2) is 13.1 Å². The second-order valence-electron chi connectivity index (χ2n) is 4.19. The zero-order chi connectivity index (χ0) is 13.1. The summed E-state index contributed by atoms with van der Waals surface area (Å²) in [5.41, 5.74) is 5.81. The molecule has 4 N–H and O–H groups in total. The van der Waals surface area contributed by atoms with E-state index in [0.29, 0.717) is 0 Å². The summed E-state index contributed by atoms with van der Waals surface area (Å²) in [6.45, 7) is 3.42. The second kappa shape index (κ2) is 5.48. The fraction of sp³-hybridized carbons (Fsp3) is 0.455. The monoisotopic (exact) mass is 258 g/mol. The highest BCUT2D eigenvalue weighted by molar-refractivity contribution is 7.89. The molecule has 0 saturated carbocycles. The summed E-state index contributed by atoms with van der Waals surface area (Å²) < 4.78 is 26.5. The highest BCUT2D eigenvalue weighted by Gasteiger charge is 2.23. The molecule has 0 amide bonds. The maximum Gasteiger partial charge on any atom is 0.242 e. The summed E-state index contributed by atoms with van der Waals surface area (Å²) in [7, 11) is -3.68. The van der Waals surface area contributed by atoms with Gasteiger partial charge in [0.1, 0.15) is 4.90 Å². The van der Waals surface area contributed by atoms with Gasteiger partial charge in [-0.2, -0.15) is 0 Å². The van der Waals surface area contributed by atoms with Crippen LogP contribution < -0.4 is 10.5 Å². The molecule has 0 saturated heterocycles. The summed E-state index contributed by atoms with van der Waals surface area (Å²) in [6, 6.07) is 5.72. The van der Waals surface area contributed by atoms with E-state index in [4.69, 9.17) is 10.8 Å². The van der Waals surface area contributed by atoms with E-state index < -0.39 is 16.1 Å². The number of aliphatic hydroxyl groups is 1. The first kappa shape index (κ1) is 14.0. The van der Waals surface area contributed by atoms with Gasteiger partial charge in [0, 0.05) is 6.04 Å². The Morgan fingerprint density at radius 2 is 1.94 bits per heavy atom. The molecule has 1 atom stereocenters. The number of hydrogen-bond donors (Lipinski definition) is 3. The van der Waals surface area contributed by atoms with Gasteiger partial charge < -0.3 is 10.8 Å². The maximum atomic E-state index is 12.0. The van der Waals surface area contributed by atoms with Crippen LogP contribution in [0.4, 0.5) is 5.69 Å². The Kier molecular flexibility index (Phi) is 4.50. The molecule has 96 valence electrons. The van der Waals surface area contributed by atoms with Gasteiger partial charge in [0.2, 0.25) is 10.0 Å². The van der Waals surface area contributed by atoms with Crippen LogP contribution >= 0.6 is 0 Å². The summed E-state index contributed by atoms with van der Waals surface area (Å²) in [4.78, 5) is 0.0408. The Balaban J connectivity index is 3.01. The molecule has 5 nitrogen and oxygen atoms in total. The van der Waals surface area contributed by atoms with Crippen LogP contribution in [0.25, 0.3) is 0 Å². The van der Waals surface area contributed by atoms with Gasteiger partial charge in [-0.3, -0.25) is 0 Å². The second-order valence-corrected chi connectivity index (χ2v) is 5.87. The van der Waals surface area contributed by atoms with E-state index in [1.54, 1.807) is 12.1 Å². The smallest absolute Gasteiger partial charge is 0.242 e. The summed E-state index contributed by atoms with van der Waals surface area (Å²) in [6.07, 6.45) is 0. The molecular weight excluding hydrogens is 240 g/mol. The minimum atomic E-state index is -3.68. The number of aliphatic hydroxyl groups excluding tert-OH is 1. The summed E-state index contributed by atoms with van der Waals surface area (Å²) in [5, 5.41) is 9.12.